The molecule has 1 saturated carbocycles. The molecule has 0 spiro atoms. The summed E-state index contributed by atoms with van der Waals surface area (Å²) >= 11 is 0. The first-order chi connectivity index (χ1) is 17.4. The molecule has 1 aliphatic heterocycles. The van der Waals surface area contributed by atoms with Gasteiger partial charge in [-0.2, -0.15) is 0 Å². The van der Waals surface area contributed by atoms with Crippen molar-refractivity contribution in [1.29, 1.82) is 0 Å². The first-order valence-electron chi connectivity index (χ1n) is 12.8. The molecule has 1 aliphatic carbocycles. The van der Waals surface area contributed by atoms with Gasteiger partial charge in [-0.1, -0.05) is 45.4 Å². The van der Waals surface area contributed by atoms with E-state index in [0.717, 1.165) is 12.8 Å². The fourth-order valence-electron chi connectivity index (χ4n) is 5.17. The first kappa shape index (κ1) is 27.3. The molecular weight excluding hydrogens is 495 g/mol. The molecule has 2 aromatic rings. The van der Waals surface area contributed by atoms with E-state index < -0.39 is 32.4 Å². The second kappa shape index (κ2) is 10.5. The Labute approximate surface area is 218 Å². The Hall–Kier alpha value is -2.78. The van der Waals surface area contributed by atoms with Gasteiger partial charge in [0.05, 0.1) is 23.0 Å². The number of sulfonamides is 1. The summed E-state index contributed by atoms with van der Waals surface area (Å²) in [6.07, 6.45) is 3.25. The Morgan fingerprint density at radius 2 is 1.68 bits per heavy atom. The van der Waals surface area contributed by atoms with Crippen molar-refractivity contribution < 1.29 is 27.1 Å². The van der Waals surface area contributed by atoms with E-state index in [1.54, 1.807) is 36.4 Å². The van der Waals surface area contributed by atoms with Crippen molar-refractivity contribution in [3.63, 3.8) is 0 Å². The zero-order valence-corrected chi connectivity index (χ0v) is 22.4. The summed E-state index contributed by atoms with van der Waals surface area (Å²) in [5.74, 6) is -1.10. The van der Waals surface area contributed by atoms with Crippen LogP contribution in [0.3, 0.4) is 0 Å². The molecule has 9 heteroatoms. The minimum absolute atomic E-state index is 0.123. The van der Waals surface area contributed by atoms with Gasteiger partial charge in [0, 0.05) is 12.5 Å². The van der Waals surface area contributed by atoms with Gasteiger partial charge in [-0.25, -0.2) is 17.9 Å². The van der Waals surface area contributed by atoms with Crippen LogP contribution in [0.2, 0.25) is 0 Å². The largest absolute Gasteiger partial charge is 0.490 e. The summed E-state index contributed by atoms with van der Waals surface area (Å²) in [4.78, 5) is 26.5. The van der Waals surface area contributed by atoms with Crippen LogP contribution in [-0.4, -0.2) is 43.5 Å². The second-order valence-electron chi connectivity index (χ2n) is 11.2. The highest BCUT2D eigenvalue weighted by atomic mass is 32.2. The minimum Gasteiger partial charge on any atom is -0.490 e. The third-order valence-corrected chi connectivity index (χ3v) is 8.56. The summed E-state index contributed by atoms with van der Waals surface area (Å²) in [6, 6.07) is 11.2. The normalized spacial score (nSPS) is 17.6. The van der Waals surface area contributed by atoms with Crippen LogP contribution in [-0.2, 0) is 10.0 Å². The van der Waals surface area contributed by atoms with Crippen LogP contribution in [0.4, 0.5) is 4.39 Å². The number of rotatable bonds is 11. The maximum atomic E-state index is 14.5. The van der Waals surface area contributed by atoms with Gasteiger partial charge in [-0.3, -0.25) is 14.5 Å². The van der Waals surface area contributed by atoms with Crippen LogP contribution in [0.1, 0.15) is 85.1 Å². The highest BCUT2D eigenvalue weighted by molar-refractivity contribution is 7.89. The van der Waals surface area contributed by atoms with Crippen LogP contribution in [0, 0.1) is 17.2 Å². The number of ether oxygens (including phenoxy) is 1. The lowest BCUT2D eigenvalue weighted by molar-refractivity contribution is 0.0651. The minimum atomic E-state index is -3.98. The third kappa shape index (κ3) is 6.21. The number of primary sulfonamides is 1. The Kier molecular flexibility index (Phi) is 7.76. The zero-order valence-electron chi connectivity index (χ0n) is 21.6. The molecule has 200 valence electrons. The number of carbonyl (C=O) groups is 2. The lowest BCUT2D eigenvalue weighted by atomic mass is 9.73. The topological polar surface area (TPSA) is 107 Å². The fourth-order valence-corrected chi connectivity index (χ4v) is 6.61. The smallest absolute Gasteiger partial charge is 0.261 e. The second-order valence-corrected chi connectivity index (χ2v) is 13.0. The van der Waals surface area contributed by atoms with Crippen molar-refractivity contribution >= 4 is 21.8 Å². The Morgan fingerprint density at radius 3 is 2.22 bits per heavy atom. The predicted octanol–water partition coefficient (Wildman–Crippen LogP) is 4.87. The van der Waals surface area contributed by atoms with Crippen LogP contribution in [0.15, 0.2) is 42.5 Å². The molecule has 0 radical (unpaired) electrons. The van der Waals surface area contributed by atoms with Crippen molar-refractivity contribution in [2.75, 3.05) is 13.2 Å². The monoisotopic (exact) mass is 530 g/mol. The summed E-state index contributed by atoms with van der Waals surface area (Å²) in [7, 11) is -3.98. The molecule has 0 bridgehead atoms. The van der Waals surface area contributed by atoms with Gasteiger partial charge in [0.1, 0.15) is 0 Å². The van der Waals surface area contributed by atoms with Crippen LogP contribution in [0.5, 0.6) is 5.75 Å². The number of fused-ring (bicyclic) bond motifs is 1. The van der Waals surface area contributed by atoms with Gasteiger partial charge in [-0.05, 0) is 66.8 Å². The Balaban J connectivity index is 1.48. The zero-order chi connectivity index (χ0) is 27.0. The van der Waals surface area contributed by atoms with E-state index in [2.05, 4.69) is 0 Å². The summed E-state index contributed by atoms with van der Waals surface area (Å²) in [5, 5.41) is 4.81. The molecule has 1 heterocycles. The summed E-state index contributed by atoms with van der Waals surface area (Å²) in [6.45, 7) is 6.44. The maximum Gasteiger partial charge on any atom is 0.261 e. The maximum absolute atomic E-state index is 14.5. The molecule has 0 saturated heterocycles. The lowest BCUT2D eigenvalue weighted by Gasteiger charge is -2.37. The van der Waals surface area contributed by atoms with E-state index in [4.69, 9.17) is 9.88 Å². The number of hydrogen-bond acceptors (Lipinski definition) is 5. The third-order valence-electron chi connectivity index (χ3n) is 7.21. The van der Waals surface area contributed by atoms with Crippen molar-refractivity contribution in [3.05, 3.63) is 65.0 Å². The van der Waals surface area contributed by atoms with E-state index in [1.165, 1.54) is 11.0 Å². The molecule has 2 N–H and O–H groups in total. The molecule has 2 aromatic carbocycles. The first-order valence-corrected chi connectivity index (χ1v) is 14.4. The number of benzene rings is 2. The highest BCUT2D eigenvalue weighted by Crippen LogP contribution is 2.43. The number of carbonyl (C=O) groups excluding carboxylic acids is 2. The van der Waals surface area contributed by atoms with Crippen LogP contribution in [0.25, 0.3) is 0 Å². The van der Waals surface area contributed by atoms with E-state index >= 15 is 0 Å². The number of imide groups is 1. The van der Waals surface area contributed by atoms with Crippen LogP contribution < -0.4 is 9.88 Å². The average Bonchev–Trinajstić information content (AvgIpc) is 3.62. The van der Waals surface area contributed by atoms with Crippen molar-refractivity contribution in [2.45, 2.75) is 64.0 Å². The Bertz CT molecular complexity index is 1250. The van der Waals surface area contributed by atoms with Gasteiger partial charge < -0.3 is 4.74 Å². The molecule has 0 aromatic heterocycles. The molecule has 2 atom stereocenters. The molecule has 2 unspecified atom stereocenters. The standard InChI is InChI=1S/C28H35FN2O5S/c1-28(2,3)25(19-13-14-22(29)23(16-19)36-17-18-11-12-18)24(37(30,34)35)10-6-7-15-31-26(32)20-8-4-5-9-21(20)27(31)33/h4-5,8-9,13-14,16,18,24-25H,6-7,10-12,15,17H2,1-3H3,(H2,30,34,35). The number of unbranched alkanes of at least 4 members (excludes halogenated alkanes) is 1. The van der Waals surface area contributed by atoms with E-state index in [0.29, 0.717) is 42.1 Å². The highest BCUT2D eigenvalue weighted by Gasteiger charge is 2.40. The van der Waals surface area contributed by atoms with Gasteiger partial charge in [0.25, 0.3) is 11.8 Å². The SMILES string of the molecule is CC(C)(C)C(c1ccc(F)c(OCC2CC2)c1)C(CCCCN1C(=O)c2ccccc2C1=O)S(N)(=O)=O. The molecule has 2 aliphatic rings. The lowest BCUT2D eigenvalue weighted by Crippen LogP contribution is -2.40. The Morgan fingerprint density at radius 1 is 1.05 bits per heavy atom. The molecule has 4 rings (SSSR count). The number of nitrogens with zero attached hydrogens (tertiary/aromatic N) is 1. The average molecular weight is 531 g/mol. The molecule has 1 fully saturated rings. The van der Waals surface area contributed by atoms with Gasteiger partial charge in [0.2, 0.25) is 10.0 Å². The van der Waals surface area contributed by atoms with Gasteiger partial charge in [0.15, 0.2) is 11.6 Å². The van der Waals surface area contributed by atoms with Crippen molar-refractivity contribution in [3.8, 4) is 5.75 Å². The van der Waals surface area contributed by atoms with Crippen LogP contribution >= 0.6 is 0 Å². The van der Waals surface area contributed by atoms with Crippen molar-refractivity contribution in [1.82, 2.24) is 4.90 Å². The van der Waals surface area contributed by atoms with Gasteiger partial charge in [-0.15, -0.1) is 0 Å². The summed E-state index contributed by atoms with van der Waals surface area (Å²) < 4.78 is 45.8. The van der Waals surface area contributed by atoms with E-state index in [-0.39, 0.29) is 30.5 Å². The molecule has 7 nitrogen and oxygen atoms in total. The van der Waals surface area contributed by atoms with E-state index in [1.807, 2.05) is 20.8 Å². The summed E-state index contributed by atoms with van der Waals surface area (Å²) in [5.41, 5.74) is 0.919. The number of hydrogen-bond donors (Lipinski definition) is 1. The number of nitrogens with two attached hydrogens (primary N) is 1. The predicted molar refractivity (Wildman–Crippen MR) is 139 cm³/mol. The molecule has 37 heavy (non-hydrogen) atoms. The number of halogens is 1. The van der Waals surface area contributed by atoms with Crippen molar-refractivity contribution in [2.24, 2.45) is 16.5 Å². The number of amides is 2. The van der Waals surface area contributed by atoms with Gasteiger partial charge >= 0.3 is 0 Å². The van der Waals surface area contributed by atoms with E-state index in [9.17, 15) is 22.4 Å². The molecular formula is C28H35FN2O5S. The molecule has 2 amide bonds. The fraction of sp³-hybridized carbons (Fsp3) is 0.500. The quantitative estimate of drug-likeness (QED) is 0.330.